The van der Waals surface area contributed by atoms with Gasteiger partial charge in [-0.25, -0.2) is 8.78 Å². The molecule has 0 aromatic heterocycles. The maximum Gasteiger partial charge on any atom is 0.268 e. The maximum atomic E-state index is 12.8. The number of hydrogen-bond acceptors (Lipinski definition) is 2. The first kappa shape index (κ1) is 12.9. The summed E-state index contributed by atoms with van der Waals surface area (Å²) in [5, 5.41) is -0.228. The Hall–Kier alpha value is -1.16. The zero-order valence-electron chi connectivity index (χ0n) is 8.89. The molecule has 0 saturated carbocycles. The summed E-state index contributed by atoms with van der Waals surface area (Å²) in [5.41, 5.74) is -0.336. The number of carbonyl (C=O) groups excluding carboxylic acids is 1. The molecule has 0 N–H and O–H groups in total. The molecule has 88 valence electrons. The zero-order chi connectivity index (χ0) is 12.3. The van der Waals surface area contributed by atoms with Crippen LogP contribution in [0.3, 0.4) is 0 Å². The van der Waals surface area contributed by atoms with Crippen LogP contribution in [-0.4, -0.2) is 12.4 Å². The molecule has 0 atom stereocenters. The number of benzene rings is 1. The summed E-state index contributed by atoms with van der Waals surface area (Å²) in [4.78, 5) is 11.1. The summed E-state index contributed by atoms with van der Waals surface area (Å²) in [7, 11) is 0. The van der Waals surface area contributed by atoms with E-state index >= 15 is 0 Å². The number of ether oxygens (including phenoxy) is 1. The quantitative estimate of drug-likeness (QED) is 0.756. The average molecular weight is 249 g/mol. The fourth-order valence-electron chi connectivity index (χ4n) is 1.33. The molecule has 0 heterocycles. The second kappa shape index (κ2) is 5.25. The number of halogens is 3. The Morgan fingerprint density at radius 3 is 2.56 bits per heavy atom. The Morgan fingerprint density at radius 1 is 1.50 bits per heavy atom. The van der Waals surface area contributed by atoms with Crippen molar-refractivity contribution in [1.29, 1.82) is 0 Å². The van der Waals surface area contributed by atoms with Crippen LogP contribution < -0.4 is 4.74 Å². The first-order valence-corrected chi connectivity index (χ1v) is 5.11. The standard InChI is InChI=1S/C11H11ClF2O2/c1-3-16-8-5-4-7(6(2)15)10(12)9(8)11(13)14/h4-5,11H,3H2,1-2H3. The fourth-order valence-corrected chi connectivity index (χ4v) is 1.70. The van der Waals surface area contributed by atoms with Crippen molar-refractivity contribution in [1.82, 2.24) is 0 Å². The summed E-state index contributed by atoms with van der Waals surface area (Å²) in [5.74, 6) is -0.331. The number of Topliss-reactive ketones (excluding diaryl/α,β-unsaturated/α-hetero) is 1. The van der Waals surface area contributed by atoms with Crippen LogP contribution in [0.5, 0.6) is 5.75 Å². The van der Waals surface area contributed by atoms with E-state index in [1.54, 1.807) is 6.92 Å². The Bertz CT molecular complexity index is 405. The highest BCUT2D eigenvalue weighted by atomic mass is 35.5. The topological polar surface area (TPSA) is 26.3 Å². The van der Waals surface area contributed by atoms with E-state index in [2.05, 4.69) is 0 Å². The third-order valence-corrected chi connectivity index (χ3v) is 2.44. The maximum absolute atomic E-state index is 12.8. The van der Waals surface area contributed by atoms with Gasteiger partial charge in [-0.1, -0.05) is 11.6 Å². The number of ketones is 1. The average Bonchev–Trinajstić information content (AvgIpc) is 2.17. The van der Waals surface area contributed by atoms with Gasteiger partial charge in [-0.3, -0.25) is 4.79 Å². The van der Waals surface area contributed by atoms with Gasteiger partial charge in [0, 0.05) is 5.56 Å². The highest BCUT2D eigenvalue weighted by Gasteiger charge is 2.22. The van der Waals surface area contributed by atoms with E-state index in [1.807, 2.05) is 0 Å². The second-order valence-corrected chi connectivity index (χ2v) is 3.51. The molecule has 1 rings (SSSR count). The highest BCUT2D eigenvalue weighted by Crippen LogP contribution is 2.37. The first-order chi connectivity index (χ1) is 7.49. The normalized spacial score (nSPS) is 10.6. The van der Waals surface area contributed by atoms with E-state index < -0.39 is 12.0 Å². The SMILES string of the molecule is CCOc1ccc(C(C)=O)c(Cl)c1C(F)F. The number of rotatable bonds is 4. The van der Waals surface area contributed by atoms with Crippen LogP contribution in [0.1, 0.15) is 36.2 Å². The monoisotopic (exact) mass is 248 g/mol. The predicted molar refractivity (Wildman–Crippen MR) is 57.6 cm³/mol. The van der Waals surface area contributed by atoms with Gasteiger partial charge < -0.3 is 4.74 Å². The minimum atomic E-state index is -2.77. The van der Waals surface area contributed by atoms with E-state index in [4.69, 9.17) is 16.3 Å². The van der Waals surface area contributed by atoms with Gasteiger partial charge in [0.15, 0.2) is 5.78 Å². The molecule has 0 aliphatic heterocycles. The molecule has 1 aromatic rings. The van der Waals surface area contributed by atoms with Crippen LogP contribution in [0.25, 0.3) is 0 Å². The molecular weight excluding hydrogens is 238 g/mol. The third-order valence-electron chi connectivity index (χ3n) is 2.04. The van der Waals surface area contributed by atoms with E-state index in [0.29, 0.717) is 0 Å². The van der Waals surface area contributed by atoms with E-state index in [-0.39, 0.29) is 28.7 Å². The van der Waals surface area contributed by atoms with E-state index in [1.165, 1.54) is 19.1 Å². The summed E-state index contributed by atoms with van der Waals surface area (Å²) in [6.45, 7) is 3.22. The fraction of sp³-hybridized carbons (Fsp3) is 0.364. The predicted octanol–water partition coefficient (Wildman–Crippen LogP) is 3.88. The molecule has 2 nitrogen and oxygen atoms in total. The van der Waals surface area contributed by atoms with Gasteiger partial charge in [0.05, 0.1) is 17.2 Å². The number of carbonyl (C=O) groups is 1. The largest absolute Gasteiger partial charge is 0.493 e. The van der Waals surface area contributed by atoms with Gasteiger partial charge >= 0.3 is 0 Å². The van der Waals surface area contributed by atoms with Crippen LogP contribution in [0, 0.1) is 0 Å². The molecule has 5 heteroatoms. The van der Waals surface area contributed by atoms with Crippen molar-refractivity contribution in [3.05, 3.63) is 28.3 Å². The molecule has 0 fully saturated rings. The smallest absolute Gasteiger partial charge is 0.268 e. The molecular formula is C11H11ClF2O2. The van der Waals surface area contributed by atoms with Gasteiger partial charge in [-0.15, -0.1) is 0 Å². The lowest BCUT2D eigenvalue weighted by molar-refractivity contribution is 0.101. The van der Waals surface area contributed by atoms with Gasteiger partial charge in [0.2, 0.25) is 0 Å². The van der Waals surface area contributed by atoms with Crippen LogP contribution in [0.2, 0.25) is 5.02 Å². The van der Waals surface area contributed by atoms with Crippen LogP contribution >= 0.6 is 11.6 Å². The summed E-state index contributed by atoms with van der Waals surface area (Å²) in [6.07, 6.45) is -2.77. The van der Waals surface area contributed by atoms with Crippen molar-refractivity contribution >= 4 is 17.4 Å². The number of alkyl halides is 2. The molecule has 0 aliphatic rings. The zero-order valence-corrected chi connectivity index (χ0v) is 9.65. The van der Waals surface area contributed by atoms with Gasteiger partial charge in [-0.2, -0.15) is 0 Å². The molecule has 0 saturated heterocycles. The number of hydrogen-bond donors (Lipinski definition) is 0. The van der Waals surface area contributed by atoms with Gasteiger partial charge in [0.25, 0.3) is 6.43 Å². The molecule has 0 aliphatic carbocycles. The Morgan fingerprint density at radius 2 is 2.12 bits per heavy atom. The van der Waals surface area contributed by atoms with Crippen molar-refractivity contribution in [3.8, 4) is 5.75 Å². The summed E-state index contributed by atoms with van der Waals surface area (Å²) in [6, 6.07) is 2.73. The summed E-state index contributed by atoms with van der Waals surface area (Å²) >= 11 is 5.76. The Labute approximate surface area is 97.2 Å². The molecule has 0 radical (unpaired) electrons. The van der Waals surface area contributed by atoms with Crippen molar-refractivity contribution < 1.29 is 18.3 Å². The lowest BCUT2D eigenvalue weighted by atomic mass is 10.1. The molecule has 1 aromatic carbocycles. The molecule has 16 heavy (non-hydrogen) atoms. The molecule has 0 amide bonds. The van der Waals surface area contributed by atoms with E-state index in [0.717, 1.165) is 0 Å². The minimum absolute atomic E-state index is 0.0208. The molecule has 0 unspecified atom stereocenters. The lowest BCUT2D eigenvalue weighted by Crippen LogP contribution is -2.02. The van der Waals surface area contributed by atoms with Crippen molar-refractivity contribution in [2.45, 2.75) is 20.3 Å². The summed E-state index contributed by atoms with van der Waals surface area (Å²) < 4.78 is 30.6. The van der Waals surface area contributed by atoms with Crippen molar-refractivity contribution in [2.75, 3.05) is 6.61 Å². The van der Waals surface area contributed by atoms with Crippen LogP contribution in [-0.2, 0) is 0 Å². The molecule has 0 bridgehead atoms. The Balaban J connectivity index is 3.35. The van der Waals surface area contributed by atoms with Gasteiger partial charge in [0.1, 0.15) is 5.75 Å². The Kier molecular flexibility index (Phi) is 4.24. The van der Waals surface area contributed by atoms with Crippen LogP contribution in [0.4, 0.5) is 8.78 Å². The van der Waals surface area contributed by atoms with Crippen molar-refractivity contribution in [3.63, 3.8) is 0 Å². The van der Waals surface area contributed by atoms with E-state index in [9.17, 15) is 13.6 Å². The highest BCUT2D eigenvalue weighted by molar-refractivity contribution is 6.34. The van der Waals surface area contributed by atoms with Gasteiger partial charge in [-0.05, 0) is 26.0 Å². The molecule has 0 spiro atoms. The first-order valence-electron chi connectivity index (χ1n) is 4.73. The third kappa shape index (κ3) is 2.50. The minimum Gasteiger partial charge on any atom is -0.493 e. The lowest BCUT2D eigenvalue weighted by Gasteiger charge is -2.13. The van der Waals surface area contributed by atoms with Crippen molar-refractivity contribution in [2.24, 2.45) is 0 Å². The second-order valence-electron chi connectivity index (χ2n) is 3.13. The van der Waals surface area contributed by atoms with Crippen LogP contribution in [0.15, 0.2) is 12.1 Å².